The summed E-state index contributed by atoms with van der Waals surface area (Å²) < 4.78 is 24.5. The summed E-state index contributed by atoms with van der Waals surface area (Å²) in [6.45, 7) is 6.15. The van der Waals surface area contributed by atoms with Crippen molar-refractivity contribution in [2.45, 2.75) is 32.1 Å². The molecule has 2 unspecified atom stereocenters. The number of aryl methyl sites for hydroxylation is 1. The molecule has 0 bridgehead atoms. The Hall–Kier alpha value is -1.62. The first-order valence-corrected chi connectivity index (χ1v) is 8.64. The zero-order valence-electron chi connectivity index (χ0n) is 12.5. The first kappa shape index (κ1) is 14.3. The van der Waals surface area contributed by atoms with Gasteiger partial charge in [-0.1, -0.05) is 43.7 Å². The number of hydrazone groups is 1. The van der Waals surface area contributed by atoms with E-state index < -0.39 is 10.0 Å². The molecule has 1 aromatic rings. The van der Waals surface area contributed by atoms with Crippen LogP contribution in [0.25, 0.3) is 0 Å². The Morgan fingerprint density at radius 3 is 2.57 bits per heavy atom. The fourth-order valence-electron chi connectivity index (χ4n) is 3.34. The van der Waals surface area contributed by atoms with Crippen molar-refractivity contribution < 1.29 is 8.42 Å². The molecule has 3 rings (SSSR count). The van der Waals surface area contributed by atoms with Crippen molar-refractivity contribution in [1.29, 1.82) is 0 Å². The number of nitrogens with zero attached hydrogens (tertiary/aromatic N) is 1. The molecule has 1 aromatic carbocycles. The summed E-state index contributed by atoms with van der Waals surface area (Å²) in [4.78, 5) is 2.64. The van der Waals surface area contributed by atoms with Crippen LogP contribution in [0.2, 0.25) is 0 Å². The molecule has 0 amide bonds. The van der Waals surface area contributed by atoms with Crippen molar-refractivity contribution in [1.82, 2.24) is 4.83 Å². The van der Waals surface area contributed by atoms with Gasteiger partial charge in [-0.25, -0.2) is 4.83 Å². The molecule has 4 nitrogen and oxygen atoms in total. The van der Waals surface area contributed by atoms with Crippen molar-refractivity contribution in [3.63, 3.8) is 0 Å². The maximum atomic E-state index is 12.3. The van der Waals surface area contributed by atoms with E-state index in [4.69, 9.17) is 0 Å². The summed E-state index contributed by atoms with van der Waals surface area (Å²) in [5, 5.41) is 4.23. The molecule has 2 atom stereocenters. The molecule has 0 heterocycles. The van der Waals surface area contributed by atoms with Crippen molar-refractivity contribution in [3.8, 4) is 0 Å². The Labute approximate surface area is 126 Å². The zero-order valence-corrected chi connectivity index (χ0v) is 13.3. The largest absolute Gasteiger partial charge is 0.276 e. The molecule has 21 heavy (non-hydrogen) atoms. The molecule has 1 fully saturated rings. The highest BCUT2D eigenvalue weighted by Crippen LogP contribution is 2.53. The summed E-state index contributed by atoms with van der Waals surface area (Å²) >= 11 is 0. The first-order valence-electron chi connectivity index (χ1n) is 7.15. The van der Waals surface area contributed by atoms with Crippen LogP contribution < -0.4 is 4.83 Å². The predicted octanol–water partition coefficient (Wildman–Crippen LogP) is 2.86. The Kier molecular flexibility index (Phi) is 3.20. The van der Waals surface area contributed by atoms with E-state index in [2.05, 4.69) is 35.9 Å². The average molecular weight is 304 g/mol. The molecule has 0 spiro atoms. The molecule has 1 saturated carbocycles. The van der Waals surface area contributed by atoms with Crippen molar-refractivity contribution in [3.05, 3.63) is 42.0 Å². The van der Waals surface area contributed by atoms with Gasteiger partial charge in [0.05, 0.1) is 4.90 Å². The molecule has 0 aromatic heterocycles. The van der Waals surface area contributed by atoms with Crippen molar-refractivity contribution in [2.75, 3.05) is 0 Å². The second kappa shape index (κ2) is 4.70. The molecular formula is C16H20N2O2S. The van der Waals surface area contributed by atoms with E-state index in [9.17, 15) is 8.42 Å². The third-order valence-corrected chi connectivity index (χ3v) is 5.85. The van der Waals surface area contributed by atoms with Crippen molar-refractivity contribution >= 4 is 15.7 Å². The molecular weight excluding hydrogens is 284 g/mol. The van der Waals surface area contributed by atoms with Gasteiger partial charge in [-0.3, -0.25) is 0 Å². The Bertz CT molecular complexity index is 715. The molecule has 1 N–H and O–H groups in total. The predicted molar refractivity (Wildman–Crippen MR) is 83.5 cm³/mol. The molecule has 0 saturated heterocycles. The fraction of sp³-hybridized carbons (Fsp3) is 0.438. The number of allylic oxidation sites excluding steroid dienone is 2. The van der Waals surface area contributed by atoms with Gasteiger partial charge in [-0.05, 0) is 31.4 Å². The van der Waals surface area contributed by atoms with E-state index in [-0.39, 0.29) is 10.3 Å². The van der Waals surface area contributed by atoms with Gasteiger partial charge in [0.15, 0.2) is 0 Å². The lowest BCUT2D eigenvalue weighted by molar-refractivity contribution is 0.234. The highest BCUT2D eigenvalue weighted by molar-refractivity contribution is 7.89. The second-order valence-corrected chi connectivity index (χ2v) is 8.08. The van der Waals surface area contributed by atoms with Crippen molar-refractivity contribution in [2.24, 2.45) is 22.4 Å². The normalized spacial score (nSPS) is 28.2. The number of hydrogen-bond acceptors (Lipinski definition) is 3. The lowest BCUT2D eigenvalue weighted by atomic mass is 9.55. The van der Waals surface area contributed by atoms with Crippen LogP contribution in [0.3, 0.4) is 0 Å². The molecule has 5 heteroatoms. The van der Waals surface area contributed by atoms with Gasteiger partial charge >= 0.3 is 0 Å². The van der Waals surface area contributed by atoms with E-state index in [0.29, 0.717) is 11.8 Å². The van der Waals surface area contributed by atoms with E-state index in [1.165, 1.54) is 0 Å². The Morgan fingerprint density at radius 1 is 1.24 bits per heavy atom. The number of hydrogen-bond donors (Lipinski definition) is 1. The minimum atomic E-state index is -3.59. The van der Waals surface area contributed by atoms with Crippen LogP contribution >= 0.6 is 0 Å². The van der Waals surface area contributed by atoms with Gasteiger partial charge in [-0.2, -0.15) is 13.5 Å². The number of nitrogens with one attached hydrogen (secondary N) is 1. The lowest BCUT2D eigenvalue weighted by Gasteiger charge is -2.48. The Morgan fingerprint density at radius 2 is 1.90 bits per heavy atom. The maximum Gasteiger partial charge on any atom is 0.276 e. The van der Waals surface area contributed by atoms with Crippen LogP contribution in [0.4, 0.5) is 0 Å². The molecule has 2 aliphatic rings. The SMILES string of the molecule is Cc1ccc(S(=O)(=O)N/N=C2/C3CC=CC3C2(C)C)cc1. The third-order valence-electron chi connectivity index (χ3n) is 4.63. The summed E-state index contributed by atoms with van der Waals surface area (Å²) in [5.41, 5.74) is 1.92. The molecule has 2 aliphatic carbocycles. The van der Waals surface area contributed by atoms with Gasteiger partial charge in [0.1, 0.15) is 0 Å². The number of benzene rings is 1. The molecule has 112 valence electrons. The monoisotopic (exact) mass is 304 g/mol. The summed E-state index contributed by atoms with van der Waals surface area (Å²) in [6, 6.07) is 6.77. The highest BCUT2D eigenvalue weighted by atomic mass is 32.2. The lowest BCUT2D eigenvalue weighted by Crippen LogP contribution is -2.52. The number of fused-ring (bicyclic) bond motifs is 1. The van der Waals surface area contributed by atoms with E-state index in [1.54, 1.807) is 24.3 Å². The molecule has 0 aliphatic heterocycles. The minimum Gasteiger partial charge on any atom is -0.200 e. The third kappa shape index (κ3) is 2.29. The van der Waals surface area contributed by atoms with E-state index in [1.807, 2.05) is 6.92 Å². The number of sulfonamides is 1. The smallest absolute Gasteiger partial charge is 0.200 e. The van der Waals surface area contributed by atoms with Crippen LogP contribution in [0.15, 0.2) is 46.4 Å². The quantitative estimate of drug-likeness (QED) is 0.689. The van der Waals surface area contributed by atoms with Crippen LogP contribution in [0.5, 0.6) is 0 Å². The average Bonchev–Trinajstić information content (AvgIpc) is 2.85. The first-order chi connectivity index (χ1) is 9.82. The van der Waals surface area contributed by atoms with Gasteiger partial charge < -0.3 is 0 Å². The van der Waals surface area contributed by atoms with Gasteiger partial charge in [0.25, 0.3) is 10.0 Å². The standard InChI is InChI=1S/C16H20N2O2S/c1-11-7-9-12(10-8-11)21(19,20)18-17-15-13-5-4-6-14(13)16(15,2)3/h4,6-10,13-14,18H,5H2,1-3H3/b17-15-. The Balaban J connectivity index is 1.81. The summed E-state index contributed by atoms with van der Waals surface area (Å²) in [7, 11) is -3.59. The van der Waals surface area contributed by atoms with E-state index >= 15 is 0 Å². The van der Waals surface area contributed by atoms with Crippen LogP contribution in [-0.4, -0.2) is 14.1 Å². The van der Waals surface area contributed by atoms with Crippen LogP contribution in [0.1, 0.15) is 25.8 Å². The van der Waals surface area contributed by atoms with Gasteiger partial charge in [-0.15, -0.1) is 0 Å². The fourth-order valence-corrected chi connectivity index (χ4v) is 4.15. The van der Waals surface area contributed by atoms with Gasteiger partial charge in [0.2, 0.25) is 0 Å². The summed E-state index contributed by atoms with van der Waals surface area (Å²) in [6.07, 6.45) is 5.34. The highest BCUT2D eigenvalue weighted by Gasteiger charge is 2.53. The van der Waals surface area contributed by atoms with E-state index in [0.717, 1.165) is 17.7 Å². The van der Waals surface area contributed by atoms with Gasteiger partial charge in [0, 0.05) is 17.0 Å². The maximum absolute atomic E-state index is 12.3. The summed E-state index contributed by atoms with van der Waals surface area (Å²) in [5.74, 6) is 0.848. The number of rotatable bonds is 3. The van der Waals surface area contributed by atoms with Crippen LogP contribution in [-0.2, 0) is 10.0 Å². The second-order valence-electron chi connectivity index (χ2n) is 6.42. The minimum absolute atomic E-state index is 0.0620. The topological polar surface area (TPSA) is 58.5 Å². The van der Waals surface area contributed by atoms with Crippen LogP contribution in [0, 0.1) is 24.2 Å². The molecule has 0 radical (unpaired) electrons. The zero-order chi connectivity index (χ0) is 15.3.